The Hall–Kier alpha value is -1.00. The molecule has 1 fully saturated rings. The van der Waals surface area contributed by atoms with Crippen molar-refractivity contribution < 1.29 is 19.1 Å². The molecule has 0 amide bonds. The smallest absolute Gasteiger partial charge is 0.334 e. The quantitative estimate of drug-likeness (QED) is 0.443. The lowest BCUT2D eigenvalue weighted by molar-refractivity contribution is -0.142. The first kappa shape index (κ1) is 14.0. The van der Waals surface area contributed by atoms with Crippen LogP contribution in [0.4, 0.5) is 0 Å². The van der Waals surface area contributed by atoms with Gasteiger partial charge in [0.15, 0.2) is 0 Å². The summed E-state index contributed by atoms with van der Waals surface area (Å²) in [5.41, 5.74) is 0.754. The van der Waals surface area contributed by atoms with Gasteiger partial charge in [-0.2, -0.15) is 0 Å². The number of hydrogen-bond donors (Lipinski definition) is 0. The van der Waals surface area contributed by atoms with Crippen LogP contribution in [0.3, 0.4) is 0 Å². The van der Waals surface area contributed by atoms with Crippen molar-refractivity contribution in [2.75, 3.05) is 14.2 Å². The maximum atomic E-state index is 12.1. The van der Waals surface area contributed by atoms with Crippen LogP contribution >= 0.6 is 23.2 Å². The molecular weight excluding hydrogens is 303 g/mol. The number of hydrogen-bond acceptors (Lipinski definition) is 4. The molecule has 0 spiro atoms. The Morgan fingerprint density at radius 3 is 1.55 bits per heavy atom. The highest BCUT2D eigenvalue weighted by atomic mass is 35.5. The molecule has 0 heterocycles. The van der Waals surface area contributed by atoms with Crippen molar-refractivity contribution >= 4 is 35.1 Å². The lowest BCUT2D eigenvalue weighted by atomic mass is 9.51. The molecule has 6 atom stereocenters. The first-order valence-electron chi connectivity index (χ1n) is 6.40. The van der Waals surface area contributed by atoms with E-state index in [1.807, 2.05) is 12.2 Å². The van der Waals surface area contributed by atoms with E-state index >= 15 is 0 Å². The van der Waals surface area contributed by atoms with E-state index < -0.39 is 11.9 Å². The molecule has 4 aliphatic rings. The lowest BCUT2D eigenvalue weighted by Crippen LogP contribution is -2.61. The van der Waals surface area contributed by atoms with Gasteiger partial charge in [-0.05, 0) is 11.8 Å². The van der Waals surface area contributed by atoms with Gasteiger partial charge in [0.25, 0.3) is 0 Å². The summed E-state index contributed by atoms with van der Waals surface area (Å²) in [4.78, 5) is 24.1. The Kier molecular flexibility index (Phi) is 3.33. The van der Waals surface area contributed by atoms with Crippen LogP contribution in [-0.4, -0.2) is 36.9 Å². The van der Waals surface area contributed by atoms with Crippen molar-refractivity contribution in [3.63, 3.8) is 0 Å². The van der Waals surface area contributed by atoms with E-state index in [4.69, 9.17) is 32.7 Å². The zero-order valence-corrected chi connectivity index (χ0v) is 12.5. The second-order valence-electron chi connectivity index (χ2n) is 5.29. The average molecular weight is 317 g/mol. The Labute approximate surface area is 126 Å². The third kappa shape index (κ3) is 1.61. The monoisotopic (exact) mass is 316 g/mol. The van der Waals surface area contributed by atoms with E-state index in [1.54, 1.807) is 0 Å². The Balaban J connectivity index is 2.11. The van der Waals surface area contributed by atoms with Crippen LogP contribution in [0.15, 0.2) is 23.3 Å². The molecule has 4 rings (SSSR count). The Bertz CT molecular complexity index is 493. The summed E-state index contributed by atoms with van der Waals surface area (Å²) in [5, 5.41) is -0.393. The van der Waals surface area contributed by atoms with Crippen LogP contribution < -0.4 is 0 Å². The fraction of sp³-hybridized carbons (Fsp3) is 0.571. The van der Waals surface area contributed by atoms with Crippen molar-refractivity contribution in [1.29, 1.82) is 0 Å². The van der Waals surface area contributed by atoms with Crippen LogP contribution in [0, 0.1) is 23.7 Å². The van der Waals surface area contributed by atoms with Crippen molar-refractivity contribution in [2.45, 2.75) is 10.8 Å². The number of carbonyl (C=O) groups excluding carboxylic acids is 2. The van der Waals surface area contributed by atoms with Crippen molar-refractivity contribution in [3.05, 3.63) is 23.3 Å². The van der Waals surface area contributed by atoms with Gasteiger partial charge < -0.3 is 9.47 Å². The minimum atomic E-state index is -0.495. The standard InChI is InChI=1S/C14H14Cl2O4/c1-19-13(17)9-5-3-4-6(10(9)14(18)20-2)8-7(5)11(15)12(8)16/h3-8,11-12H,1-2H3. The molecule has 0 aromatic carbocycles. The summed E-state index contributed by atoms with van der Waals surface area (Å²) in [6, 6.07) is 0. The Morgan fingerprint density at radius 1 is 0.900 bits per heavy atom. The largest absolute Gasteiger partial charge is 0.466 e. The molecule has 6 unspecified atom stereocenters. The van der Waals surface area contributed by atoms with Gasteiger partial charge in [-0.15, -0.1) is 23.2 Å². The van der Waals surface area contributed by atoms with Gasteiger partial charge in [0.1, 0.15) is 0 Å². The number of methoxy groups -OCH3 is 2. The number of esters is 2. The molecule has 1 saturated carbocycles. The topological polar surface area (TPSA) is 52.6 Å². The van der Waals surface area contributed by atoms with Crippen LogP contribution in [0.5, 0.6) is 0 Å². The molecule has 0 radical (unpaired) electrons. The number of alkyl halides is 2. The van der Waals surface area contributed by atoms with Crippen molar-refractivity contribution in [3.8, 4) is 0 Å². The molecule has 0 saturated heterocycles. The van der Waals surface area contributed by atoms with Gasteiger partial charge in [-0.1, -0.05) is 12.2 Å². The first-order chi connectivity index (χ1) is 9.52. The maximum absolute atomic E-state index is 12.1. The van der Waals surface area contributed by atoms with Crippen molar-refractivity contribution in [2.24, 2.45) is 23.7 Å². The molecule has 4 aliphatic carbocycles. The van der Waals surface area contributed by atoms with Crippen LogP contribution in [-0.2, 0) is 19.1 Å². The zero-order valence-electron chi connectivity index (χ0n) is 11.0. The molecule has 6 heteroatoms. The summed E-state index contributed by atoms with van der Waals surface area (Å²) in [6.07, 6.45) is 3.87. The zero-order chi connectivity index (χ0) is 14.6. The third-order valence-corrected chi connectivity index (χ3v) is 5.86. The highest BCUT2D eigenvalue weighted by molar-refractivity contribution is 6.32. The van der Waals surface area contributed by atoms with Gasteiger partial charge in [0, 0.05) is 11.8 Å². The second-order valence-corrected chi connectivity index (χ2v) is 6.30. The van der Waals surface area contributed by atoms with Crippen molar-refractivity contribution in [1.82, 2.24) is 0 Å². The minimum Gasteiger partial charge on any atom is -0.466 e. The molecule has 20 heavy (non-hydrogen) atoms. The second kappa shape index (κ2) is 4.78. The highest BCUT2D eigenvalue weighted by Gasteiger charge is 2.62. The fourth-order valence-electron chi connectivity index (χ4n) is 3.72. The minimum absolute atomic E-state index is 0.0803. The van der Waals surface area contributed by atoms with E-state index in [0.29, 0.717) is 11.1 Å². The molecule has 4 nitrogen and oxygen atoms in total. The predicted molar refractivity (Wildman–Crippen MR) is 73.4 cm³/mol. The predicted octanol–water partition coefficient (Wildman–Crippen LogP) is 1.91. The number of halogens is 2. The van der Waals surface area contributed by atoms with E-state index in [2.05, 4.69) is 0 Å². The van der Waals surface area contributed by atoms with Gasteiger partial charge >= 0.3 is 11.9 Å². The van der Waals surface area contributed by atoms with Gasteiger partial charge in [-0.25, -0.2) is 9.59 Å². The summed E-state index contributed by atoms with van der Waals surface area (Å²) in [6.45, 7) is 0. The average Bonchev–Trinajstić information content (AvgIpc) is 2.50. The van der Waals surface area contributed by atoms with E-state index in [9.17, 15) is 9.59 Å². The van der Waals surface area contributed by atoms with E-state index in [-0.39, 0.29) is 34.4 Å². The fourth-order valence-corrected chi connectivity index (χ4v) is 4.71. The number of allylic oxidation sites excluding steroid dienone is 2. The molecule has 0 N–H and O–H groups in total. The summed E-state index contributed by atoms with van der Waals surface area (Å²) >= 11 is 12.6. The summed E-state index contributed by atoms with van der Waals surface area (Å²) in [5.74, 6) is -1.27. The summed E-state index contributed by atoms with van der Waals surface area (Å²) < 4.78 is 9.64. The normalized spacial score (nSPS) is 41.0. The SMILES string of the molecule is COC(=O)C1=C(C(=O)OC)C2C=CC1C1C(Cl)C(Cl)C21. The highest BCUT2D eigenvalue weighted by Crippen LogP contribution is 2.60. The van der Waals surface area contributed by atoms with Gasteiger partial charge in [-0.3, -0.25) is 0 Å². The van der Waals surface area contributed by atoms with Crippen LogP contribution in [0.1, 0.15) is 0 Å². The van der Waals surface area contributed by atoms with E-state index in [0.717, 1.165) is 0 Å². The van der Waals surface area contributed by atoms with E-state index in [1.165, 1.54) is 14.2 Å². The first-order valence-corrected chi connectivity index (χ1v) is 7.27. The molecule has 0 aromatic rings. The maximum Gasteiger partial charge on any atom is 0.334 e. The number of carbonyl (C=O) groups is 2. The number of rotatable bonds is 2. The van der Waals surface area contributed by atoms with Crippen LogP contribution in [0.2, 0.25) is 0 Å². The van der Waals surface area contributed by atoms with Gasteiger partial charge in [0.2, 0.25) is 0 Å². The molecule has 0 aromatic heterocycles. The number of ether oxygens (including phenoxy) is 2. The Morgan fingerprint density at radius 2 is 1.25 bits per heavy atom. The van der Waals surface area contributed by atoms with Crippen LogP contribution in [0.25, 0.3) is 0 Å². The molecule has 2 bridgehead atoms. The lowest BCUT2D eigenvalue weighted by Gasteiger charge is -2.57. The summed E-state index contributed by atoms with van der Waals surface area (Å²) in [7, 11) is 2.61. The molecular formula is C14H14Cl2O4. The molecule has 0 aliphatic heterocycles. The van der Waals surface area contributed by atoms with Gasteiger partial charge in [0.05, 0.1) is 36.1 Å². The molecule has 108 valence electrons. The third-order valence-electron chi connectivity index (χ3n) is 4.61.